The number of rotatable bonds is 38. The van der Waals surface area contributed by atoms with Crippen molar-refractivity contribution < 1.29 is 77.4 Å². The van der Waals surface area contributed by atoms with E-state index in [-0.39, 0.29) is 114 Å². The van der Waals surface area contributed by atoms with Crippen LogP contribution in [0.5, 0.6) is 5.75 Å². The fraction of sp³-hybridized carbons (Fsp3) is 0.481. The van der Waals surface area contributed by atoms with Crippen LogP contribution >= 0.6 is 0 Å². The van der Waals surface area contributed by atoms with Crippen LogP contribution in [0, 0.1) is 22.7 Å². The van der Waals surface area contributed by atoms with Gasteiger partial charge in [-0.1, -0.05) is 42.5 Å². The molecule has 0 spiro atoms. The average molecular weight is 1070 g/mol. The zero-order valence-electron chi connectivity index (χ0n) is 42.8. The van der Waals surface area contributed by atoms with E-state index in [2.05, 4.69) is 37.2 Å². The number of urea groups is 1. The molecule has 3 aromatic carbocycles. The van der Waals surface area contributed by atoms with E-state index in [4.69, 9.17) is 24.1 Å². The van der Waals surface area contributed by atoms with E-state index in [0.717, 1.165) is 16.3 Å². The van der Waals surface area contributed by atoms with Crippen LogP contribution in [-0.2, 0) is 59.0 Å². The molecule has 0 aliphatic carbocycles. The predicted octanol–water partition coefficient (Wildman–Crippen LogP) is 1.39. The maximum absolute atomic E-state index is 13.7. The Labute approximate surface area is 444 Å². The molecule has 0 saturated carbocycles. The van der Waals surface area contributed by atoms with Crippen molar-refractivity contribution in [1.82, 2.24) is 37.2 Å². The quantitative estimate of drug-likeness (QED) is 0.0363. The van der Waals surface area contributed by atoms with Gasteiger partial charge in [-0.2, -0.15) is 10.5 Å². The number of unbranched alkanes of at least 4 members (excludes halogenated alkanes) is 1. The van der Waals surface area contributed by atoms with Gasteiger partial charge in [0.1, 0.15) is 29.9 Å². The maximum Gasteiger partial charge on any atom is 0.326 e. The van der Waals surface area contributed by atoms with E-state index in [1.165, 1.54) is 25.1 Å². The number of fused-ring (bicyclic) bond motifs is 1. The van der Waals surface area contributed by atoms with Gasteiger partial charge in [-0.05, 0) is 73.1 Å². The lowest BCUT2D eigenvalue weighted by Crippen LogP contribution is -2.51. The van der Waals surface area contributed by atoms with Gasteiger partial charge in [-0.15, -0.1) is 0 Å². The topological polar surface area (TPSA) is 383 Å². The van der Waals surface area contributed by atoms with E-state index in [0.29, 0.717) is 26.4 Å². The number of ether oxygens (including phenoxy) is 4. The van der Waals surface area contributed by atoms with Crippen LogP contribution in [0.1, 0.15) is 81.4 Å². The lowest BCUT2D eigenvalue weighted by molar-refractivity contribution is -0.141. The van der Waals surface area contributed by atoms with Crippen LogP contribution in [0.4, 0.5) is 4.79 Å². The van der Waals surface area contributed by atoms with Crippen LogP contribution in [0.15, 0.2) is 60.7 Å². The Morgan fingerprint density at radius 1 is 0.532 bits per heavy atom. The van der Waals surface area contributed by atoms with E-state index < -0.39 is 84.6 Å². The number of hydrogen-bond donors (Lipinski definition) is 10. The lowest BCUT2D eigenvalue weighted by atomic mass is 10.0. The molecule has 0 aliphatic rings. The monoisotopic (exact) mass is 1070 g/mol. The summed E-state index contributed by atoms with van der Waals surface area (Å²) >= 11 is 0. The molecule has 25 nitrogen and oxygen atoms in total. The van der Waals surface area contributed by atoms with E-state index >= 15 is 0 Å². The maximum atomic E-state index is 13.7. The number of hydrogen-bond acceptors (Lipinski definition) is 15. The van der Waals surface area contributed by atoms with Crippen LogP contribution in [-0.4, -0.2) is 159 Å². The fourth-order valence-electron chi connectivity index (χ4n) is 7.28. The van der Waals surface area contributed by atoms with Crippen molar-refractivity contribution in [1.29, 1.82) is 10.5 Å². The largest absolute Gasteiger partial charge is 0.494 e. The van der Waals surface area contributed by atoms with Crippen molar-refractivity contribution in [3.63, 3.8) is 0 Å². The SMILES string of the molecule is CC(=O)NCCOCCOCCOCCC(=O)N[C@@H](CCCOc1cc(C#N)cc(C#N)c1)C(=O)NCCC(=O)N[C@@H](Cc1ccc2ccccc2c1)C(=O)NCCCC[C@H](NC(=O)N[C@@H](CCC(=O)O)C(=O)O)C(=O)O. The van der Waals surface area contributed by atoms with Gasteiger partial charge in [-0.3, -0.25) is 28.8 Å². The van der Waals surface area contributed by atoms with Crippen molar-refractivity contribution in [3.05, 3.63) is 77.4 Å². The molecule has 0 aromatic heterocycles. The zero-order valence-corrected chi connectivity index (χ0v) is 42.8. The molecule has 0 fully saturated rings. The molecule has 4 atom stereocenters. The smallest absolute Gasteiger partial charge is 0.326 e. The fourth-order valence-corrected chi connectivity index (χ4v) is 7.28. The molecule has 25 heteroatoms. The Morgan fingerprint density at radius 3 is 1.74 bits per heavy atom. The highest BCUT2D eigenvalue weighted by Gasteiger charge is 2.26. The Morgan fingerprint density at radius 2 is 1.10 bits per heavy atom. The molecular formula is C52H67N9O16. The average Bonchev–Trinajstić information content (AvgIpc) is 3.39. The van der Waals surface area contributed by atoms with E-state index in [1.807, 2.05) is 54.6 Å². The molecule has 7 amide bonds. The first kappa shape index (κ1) is 62.9. The summed E-state index contributed by atoms with van der Waals surface area (Å²) in [5.41, 5.74) is 1.17. The van der Waals surface area contributed by atoms with Gasteiger partial charge in [0.2, 0.25) is 29.5 Å². The number of nitrogens with zero attached hydrogens (tertiary/aromatic N) is 2. The van der Waals surface area contributed by atoms with E-state index in [9.17, 15) is 63.9 Å². The first-order valence-corrected chi connectivity index (χ1v) is 24.9. The summed E-state index contributed by atoms with van der Waals surface area (Å²) in [4.78, 5) is 111. The molecule has 0 heterocycles. The van der Waals surface area contributed by atoms with Gasteiger partial charge in [-0.25, -0.2) is 14.4 Å². The molecule has 10 N–H and O–H groups in total. The number of nitrogens with one attached hydrogen (secondary N) is 7. The molecule has 416 valence electrons. The van der Waals surface area contributed by atoms with Crippen LogP contribution in [0.25, 0.3) is 10.8 Å². The standard InChI is InChI=1S/C52H67N9O16/c1-34(62)55-19-22-75-24-26-76-25-23-74-21-16-46(64)58-41(10-6-20-77-40-29-36(32-53)27-37(30-40)33-54)48(67)57-18-15-45(63)59-44(31-35-11-12-38-7-2-3-8-39(38)28-35)49(68)56-17-5-4-9-42(50(69)70)60-52(73)61-43(51(71)72)13-14-47(65)66/h2-3,7-8,11-12,27-30,41-44H,4-6,9-10,13-26,31H2,1H3,(H,55,62)(H,56,68)(H,57,67)(H,58,64)(H,59,63)(H,65,66)(H,69,70)(H,71,72)(H2,60,61,73)/t41-,42-,43-,44-/m0/s1. The van der Waals surface area contributed by atoms with Crippen molar-refractivity contribution in [3.8, 4) is 17.9 Å². The van der Waals surface area contributed by atoms with Crippen molar-refractivity contribution in [2.24, 2.45) is 0 Å². The molecule has 0 radical (unpaired) electrons. The van der Waals surface area contributed by atoms with Gasteiger partial charge < -0.3 is 71.5 Å². The molecule has 0 aliphatic heterocycles. The number of carboxylic acid groups (broad SMARTS) is 3. The summed E-state index contributed by atoms with van der Waals surface area (Å²) in [6.45, 7) is 3.10. The molecule has 77 heavy (non-hydrogen) atoms. The number of carboxylic acids is 3. The van der Waals surface area contributed by atoms with Crippen molar-refractivity contribution >= 4 is 64.2 Å². The van der Waals surface area contributed by atoms with E-state index in [1.54, 1.807) is 0 Å². The molecule has 3 rings (SSSR count). The van der Waals surface area contributed by atoms with Crippen molar-refractivity contribution in [2.45, 2.75) is 95.3 Å². The number of carbonyl (C=O) groups is 9. The lowest BCUT2D eigenvalue weighted by Gasteiger charge is -2.21. The molecule has 3 aromatic rings. The van der Waals surface area contributed by atoms with Gasteiger partial charge in [0.15, 0.2) is 0 Å². The minimum Gasteiger partial charge on any atom is -0.494 e. The van der Waals surface area contributed by atoms with Crippen LogP contribution < -0.4 is 42.0 Å². The number of aliphatic carboxylic acids is 3. The second-order valence-corrected chi connectivity index (χ2v) is 17.3. The van der Waals surface area contributed by atoms with Crippen LogP contribution in [0.3, 0.4) is 0 Å². The first-order chi connectivity index (χ1) is 37.0. The second-order valence-electron chi connectivity index (χ2n) is 17.3. The highest BCUT2D eigenvalue weighted by atomic mass is 16.5. The number of benzene rings is 3. The molecular weight excluding hydrogens is 1010 g/mol. The summed E-state index contributed by atoms with van der Waals surface area (Å²) in [5, 5.41) is 66.1. The minimum absolute atomic E-state index is 0.0189. The predicted molar refractivity (Wildman–Crippen MR) is 274 cm³/mol. The van der Waals surface area contributed by atoms with Gasteiger partial charge in [0.25, 0.3) is 0 Å². The van der Waals surface area contributed by atoms with Crippen LogP contribution in [0.2, 0.25) is 0 Å². The Kier molecular flexibility index (Phi) is 29.2. The third kappa shape index (κ3) is 26.6. The Hall–Kier alpha value is -8.39. The second kappa shape index (κ2) is 35.7. The van der Waals surface area contributed by atoms with Crippen molar-refractivity contribution in [2.75, 3.05) is 65.9 Å². The summed E-state index contributed by atoms with van der Waals surface area (Å²) in [5.74, 6) is -6.32. The Bertz CT molecular complexity index is 2520. The molecule has 0 bridgehead atoms. The molecule has 0 saturated heterocycles. The van der Waals surface area contributed by atoms with Gasteiger partial charge >= 0.3 is 23.9 Å². The normalized spacial score (nSPS) is 12.2. The minimum atomic E-state index is -1.57. The third-order valence-corrected chi connectivity index (χ3v) is 11.2. The van der Waals surface area contributed by atoms with Gasteiger partial charge in [0.05, 0.1) is 69.5 Å². The Balaban J connectivity index is 1.58. The van der Waals surface area contributed by atoms with Gasteiger partial charge in [0, 0.05) is 52.2 Å². The summed E-state index contributed by atoms with van der Waals surface area (Å²) < 4.78 is 22.1. The number of carbonyl (C=O) groups excluding carboxylic acids is 6. The first-order valence-electron chi connectivity index (χ1n) is 24.9. The third-order valence-electron chi connectivity index (χ3n) is 11.2. The summed E-state index contributed by atoms with van der Waals surface area (Å²) in [6.07, 6.45) is -0.621. The number of nitriles is 2. The summed E-state index contributed by atoms with van der Waals surface area (Å²) in [6, 6.07) is 15.1. The highest BCUT2D eigenvalue weighted by Crippen LogP contribution is 2.19. The highest BCUT2D eigenvalue weighted by molar-refractivity contribution is 5.90. The zero-order chi connectivity index (χ0) is 56.4. The molecule has 0 unspecified atom stereocenters. The number of amides is 7. The summed E-state index contributed by atoms with van der Waals surface area (Å²) in [7, 11) is 0.